The van der Waals surface area contributed by atoms with Crippen LogP contribution in [0.1, 0.15) is 6.42 Å². The molecule has 3 rings (SSSR count). The molecule has 2 heterocycles. The van der Waals surface area contributed by atoms with Gasteiger partial charge in [-0.3, -0.25) is 15.0 Å². The lowest BCUT2D eigenvalue weighted by Crippen LogP contribution is -2.48. The molecule has 23 heavy (non-hydrogen) atoms. The molecule has 1 aliphatic rings. The average Bonchev–Trinajstić information content (AvgIpc) is 2.93. The number of nitrogens with zero attached hydrogens (tertiary/aromatic N) is 2. The maximum Gasteiger partial charge on any atom is 0.344 e. The summed E-state index contributed by atoms with van der Waals surface area (Å²) in [5.74, 6) is -1.30. The van der Waals surface area contributed by atoms with E-state index in [9.17, 15) is 14.4 Å². The van der Waals surface area contributed by atoms with Crippen LogP contribution in [-0.4, -0.2) is 40.7 Å². The minimum Gasteiger partial charge on any atom is -0.469 e. The first kappa shape index (κ1) is 15.3. The smallest absolute Gasteiger partial charge is 0.344 e. The maximum atomic E-state index is 12.6. The molecule has 0 saturated heterocycles. The number of para-hydroxylation sites is 1. The van der Waals surface area contributed by atoms with Gasteiger partial charge in [0, 0.05) is 0 Å². The minimum absolute atomic E-state index is 0.281. The molecule has 0 bridgehead atoms. The van der Waals surface area contributed by atoms with Gasteiger partial charge >= 0.3 is 11.9 Å². The second-order valence-corrected chi connectivity index (χ2v) is 6.10. The van der Waals surface area contributed by atoms with E-state index >= 15 is 0 Å². The number of benzene rings is 1. The van der Waals surface area contributed by atoms with E-state index in [1.807, 2.05) is 0 Å². The van der Waals surface area contributed by atoms with Crippen molar-refractivity contribution in [3.05, 3.63) is 34.6 Å². The zero-order chi connectivity index (χ0) is 16.6. The standard InChI is InChI=1S/C14H13N3O5S/c1-21-10(18)7-14(12(20)22-2)16-17-11(19)8-5-3-4-6-9(8)15-13(17)23-14/h3-6,16H,7H2,1-2H3. The van der Waals surface area contributed by atoms with Gasteiger partial charge in [0.15, 0.2) is 5.16 Å². The van der Waals surface area contributed by atoms with E-state index in [0.29, 0.717) is 10.9 Å². The third-order valence-corrected chi connectivity index (χ3v) is 4.65. The van der Waals surface area contributed by atoms with E-state index in [0.717, 1.165) is 16.4 Å². The van der Waals surface area contributed by atoms with Crippen LogP contribution in [-0.2, 0) is 19.1 Å². The number of thioether (sulfide) groups is 1. The number of hydrogen-bond donors (Lipinski definition) is 1. The fourth-order valence-electron chi connectivity index (χ4n) is 2.31. The first-order valence-electron chi connectivity index (χ1n) is 6.65. The molecular formula is C14H13N3O5S. The van der Waals surface area contributed by atoms with E-state index in [4.69, 9.17) is 4.74 Å². The molecule has 0 spiro atoms. The highest BCUT2D eigenvalue weighted by Gasteiger charge is 2.50. The highest BCUT2D eigenvalue weighted by molar-refractivity contribution is 8.01. The number of carbonyl (C=O) groups excluding carboxylic acids is 2. The summed E-state index contributed by atoms with van der Waals surface area (Å²) in [5.41, 5.74) is 2.91. The highest BCUT2D eigenvalue weighted by Crippen LogP contribution is 2.39. The lowest BCUT2D eigenvalue weighted by molar-refractivity contribution is -0.149. The number of rotatable bonds is 3. The van der Waals surface area contributed by atoms with Crippen molar-refractivity contribution in [2.75, 3.05) is 19.6 Å². The fraction of sp³-hybridized carbons (Fsp3) is 0.286. The molecule has 0 saturated carbocycles. The van der Waals surface area contributed by atoms with Crippen molar-refractivity contribution in [2.24, 2.45) is 0 Å². The van der Waals surface area contributed by atoms with Crippen LogP contribution in [0.5, 0.6) is 0 Å². The molecule has 1 atom stereocenters. The molecule has 1 unspecified atom stereocenters. The van der Waals surface area contributed by atoms with Crippen LogP contribution >= 0.6 is 11.8 Å². The zero-order valence-corrected chi connectivity index (χ0v) is 13.2. The van der Waals surface area contributed by atoms with Crippen LogP contribution < -0.4 is 11.0 Å². The Kier molecular flexibility index (Phi) is 3.72. The van der Waals surface area contributed by atoms with E-state index < -0.39 is 16.8 Å². The highest BCUT2D eigenvalue weighted by atomic mass is 32.2. The molecule has 9 heteroatoms. The first-order valence-corrected chi connectivity index (χ1v) is 7.46. The zero-order valence-electron chi connectivity index (χ0n) is 12.4. The monoisotopic (exact) mass is 335 g/mol. The molecule has 0 amide bonds. The largest absolute Gasteiger partial charge is 0.469 e. The Hall–Kier alpha value is -2.55. The third-order valence-electron chi connectivity index (χ3n) is 3.44. The van der Waals surface area contributed by atoms with Crippen molar-refractivity contribution in [3.8, 4) is 0 Å². The Balaban J connectivity index is 2.12. The van der Waals surface area contributed by atoms with Gasteiger partial charge < -0.3 is 9.47 Å². The Morgan fingerprint density at radius 3 is 2.74 bits per heavy atom. The van der Waals surface area contributed by atoms with E-state index in [1.165, 1.54) is 14.2 Å². The van der Waals surface area contributed by atoms with Crippen molar-refractivity contribution in [3.63, 3.8) is 0 Å². The van der Waals surface area contributed by atoms with Crippen molar-refractivity contribution in [1.82, 2.24) is 9.66 Å². The summed E-state index contributed by atoms with van der Waals surface area (Å²) in [6.45, 7) is 0. The quantitative estimate of drug-likeness (QED) is 0.639. The molecule has 120 valence electrons. The van der Waals surface area contributed by atoms with Gasteiger partial charge in [0.2, 0.25) is 4.87 Å². The number of esters is 2. The lowest BCUT2D eigenvalue weighted by atomic mass is 10.2. The predicted octanol–water partition coefficient (Wildman–Crippen LogP) is 0.478. The van der Waals surface area contributed by atoms with Crippen LogP contribution in [0.3, 0.4) is 0 Å². The molecule has 0 fully saturated rings. The molecular weight excluding hydrogens is 322 g/mol. The molecule has 1 aromatic heterocycles. The van der Waals surface area contributed by atoms with Gasteiger partial charge in [0.25, 0.3) is 5.56 Å². The van der Waals surface area contributed by atoms with E-state index in [2.05, 4.69) is 15.1 Å². The summed E-state index contributed by atoms with van der Waals surface area (Å²) in [4.78, 5) is 39.3. The second kappa shape index (κ2) is 5.58. The van der Waals surface area contributed by atoms with Crippen LogP contribution in [0.2, 0.25) is 0 Å². The van der Waals surface area contributed by atoms with Crippen molar-refractivity contribution in [2.45, 2.75) is 16.4 Å². The number of aromatic nitrogens is 2. The Labute approximate surface area is 134 Å². The molecule has 0 radical (unpaired) electrons. The maximum absolute atomic E-state index is 12.6. The van der Waals surface area contributed by atoms with Crippen molar-refractivity contribution < 1.29 is 19.1 Å². The van der Waals surface area contributed by atoms with Gasteiger partial charge in [-0.05, 0) is 23.9 Å². The van der Waals surface area contributed by atoms with Gasteiger partial charge in [-0.2, -0.15) is 4.68 Å². The molecule has 1 N–H and O–H groups in total. The molecule has 8 nitrogen and oxygen atoms in total. The molecule has 1 aromatic carbocycles. The molecule has 1 aliphatic heterocycles. The Bertz CT molecular complexity index is 865. The summed E-state index contributed by atoms with van der Waals surface area (Å²) < 4.78 is 10.6. The summed E-state index contributed by atoms with van der Waals surface area (Å²) in [6, 6.07) is 6.84. The van der Waals surface area contributed by atoms with Crippen LogP contribution in [0.15, 0.2) is 34.2 Å². The van der Waals surface area contributed by atoms with Crippen molar-refractivity contribution in [1.29, 1.82) is 0 Å². The van der Waals surface area contributed by atoms with Crippen LogP contribution in [0, 0.1) is 0 Å². The number of methoxy groups -OCH3 is 2. The molecule has 2 aromatic rings. The second-order valence-electron chi connectivity index (χ2n) is 4.84. The normalized spacial score (nSPS) is 19.0. The summed E-state index contributed by atoms with van der Waals surface area (Å²) in [5, 5.41) is 0.686. The number of carbonyl (C=O) groups is 2. The fourth-order valence-corrected chi connectivity index (χ4v) is 3.48. The molecule has 0 aliphatic carbocycles. The minimum atomic E-state index is -1.49. The number of ether oxygens (including phenoxy) is 2. The SMILES string of the molecule is COC(=O)CC1(C(=O)OC)Nn2c(nc3ccccc3c2=O)S1. The summed E-state index contributed by atoms with van der Waals surface area (Å²) >= 11 is 0.954. The van der Waals surface area contributed by atoms with Gasteiger partial charge in [-0.15, -0.1) is 0 Å². The summed E-state index contributed by atoms with van der Waals surface area (Å²) in [7, 11) is 2.43. The number of fused-ring (bicyclic) bond motifs is 2. The Morgan fingerprint density at radius 2 is 2.04 bits per heavy atom. The van der Waals surface area contributed by atoms with Gasteiger partial charge in [0.1, 0.15) is 0 Å². The third kappa shape index (κ3) is 2.42. The van der Waals surface area contributed by atoms with E-state index in [1.54, 1.807) is 24.3 Å². The summed E-state index contributed by atoms with van der Waals surface area (Å²) in [6.07, 6.45) is -0.306. The first-order chi connectivity index (χ1) is 11.0. The van der Waals surface area contributed by atoms with Crippen LogP contribution in [0.25, 0.3) is 10.9 Å². The predicted molar refractivity (Wildman–Crippen MR) is 82.6 cm³/mol. The lowest BCUT2D eigenvalue weighted by Gasteiger charge is -2.23. The average molecular weight is 335 g/mol. The van der Waals surface area contributed by atoms with Gasteiger partial charge in [-0.1, -0.05) is 12.1 Å². The van der Waals surface area contributed by atoms with Gasteiger partial charge in [-0.25, -0.2) is 9.78 Å². The number of hydrogen-bond acceptors (Lipinski definition) is 8. The topological polar surface area (TPSA) is 99.5 Å². The Morgan fingerprint density at radius 1 is 1.30 bits per heavy atom. The van der Waals surface area contributed by atoms with Gasteiger partial charge in [0.05, 0.1) is 31.5 Å². The number of nitrogens with one attached hydrogen (secondary N) is 1. The van der Waals surface area contributed by atoms with E-state index in [-0.39, 0.29) is 17.1 Å². The van der Waals surface area contributed by atoms with Crippen molar-refractivity contribution >= 4 is 34.6 Å². The van der Waals surface area contributed by atoms with Crippen LogP contribution in [0.4, 0.5) is 0 Å².